The number of ketones is 2. The number of carbonyl (C=O) groups excluding carboxylic acids is 4. The van der Waals surface area contributed by atoms with Crippen LogP contribution < -0.4 is 10.6 Å². The Morgan fingerprint density at radius 1 is 0.543 bits per heavy atom. The third-order valence-electron chi connectivity index (χ3n) is 6.32. The molecule has 4 rings (SSSR count). The Balaban J connectivity index is 1.47. The number of rotatable bonds is 11. The molecule has 0 saturated carbocycles. The molecule has 4 aromatic rings. The van der Waals surface area contributed by atoms with Gasteiger partial charge >= 0.3 is 0 Å². The van der Waals surface area contributed by atoms with E-state index in [2.05, 4.69) is 31.1 Å². The summed E-state index contributed by atoms with van der Waals surface area (Å²) in [5.74, 6) is -2.44. The molecule has 0 aliphatic carbocycles. The van der Waals surface area contributed by atoms with Gasteiger partial charge in [0.2, 0.25) is 12.1 Å². The molecular formula is C32H24Cl4N6O4. The van der Waals surface area contributed by atoms with Crippen LogP contribution >= 0.6 is 46.4 Å². The van der Waals surface area contributed by atoms with Crippen molar-refractivity contribution in [2.24, 2.45) is 20.5 Å². The molecule has 0 aliphatic rings. The third kappa shape index (κ3) is 8.82. The molecule has 2 amide bonds. The fraction of sp³-hybridized carbons (Fsp3) is 0.125. The predicted molar refractivity (Wildman–Crippen MR) is 180 cm³/mol. The van der Waals surface area contributed by atoms with Gasteiger partial charge in [0.25, 0.3) is 11.8 Å². The zero-order valence-corrected chi connectivity index (χ0v) is 27.2. The highest BCUT2D eigenvalue weighted by molar-refractivity contribution is 6.35. The van der Waals surface area contributed by atoms with Crippen molar-refractivity contribution in [3.05, 3.63) is 105 Å². The van der Waals surface area contributed by atoms with Crippen molar-refractivity contribution in [1.29, 1.82) is 0 Å². The predicted octanol–water partition coefficient (Wildman–Crippen LogP) is 9.33. The molecule has 234 valence electrons. The molecule has 2 unspecified atom stereocenters. The van der Waals surface area contributed by atoms with Gasteiger partial charge in [-0.05, 0) is 73.5 Å². The van der Waals surface area contributed by atoms with Gasteiger partial charge in [-0.2, -0.15) is 20.5 Å². The number of azo groups is 2. The number of amides is 2. The molecule has 0 saturated heterocycles. The van der Waals surface area contributed by atoms with Gasteiger partial charge in [-0.25, -0.2) is 0 Å². The number of hydrogen-bond acceptors (Lipinski definition) is 8. The van der Waals surface area contributed by atoms with Gasteiger partial charge in [-0.15, -0.1) is 0 Å². The van der Waals surface area contributed by atoms with Crippen molar-refractivity contribution >= 4 is 92.5 Å². The number of carbonyl (C=O) groups is 4. The molecule has 0 heterocycles. The molecule has 46 heavy (non-hydrogen) atoms. The smallest absolute Gasteiger partial charge is 0.258 e. The van der Waals surface area contributed by atoms with Gasteiger partial charge in [-0.1, -0.05) is 82.8 Å². The lowest BCUT2D eigenvalue weighted by molar-refractivity contribution is -0.127. The molecule has 0 bridgehead atoms. The van der Waals surface area contributed by atoms with E-state index in [-0.39, 0.29) is 21.4 Å². The number of anilines is 2. The first-order valence-corrected chi connectivity index (χ1v) is 15.0. The maximum absolute atomic E-state index is 12.7. The quantitative estimate of drug-likeness (QED) is 0.119. The first-order valence-electron chi connectivity index (χ1n) is 13.5. The largest absolute Gasteiger partial charge is 0.322 e. The molecule has 0 fully saturated rings. The SMILES string of the molecule is CC(=O)C(/N=N/c1ccc(-c2ccc(/N=N/C(C(C)=O)C(=O)Nc3ccccc3Cl)c(Cl)c2)cc1Cl)C(=O)Nc1ccccc1Cl. The first-order chi connectivity index (χ1) is 21.9. The van der Waals surface area contributed by atoms with Crippen LogP contribution in [0, 0.1) is 0 Å². The number of para-hydroxylation sites is 2. The van der Waals surface area contributed by atoms with Gasteiger partial charge in [0.05, 0.1) is 31.5 Å². The summed E-state index contributed by atoms with van der Waals surface area (Å²) in [4.78, 5) is 49.7. The number of hydrogen-bond donors (Lipinski definition) is 2. The summed E-state index contributed by atoms with van der Waals surface area (Å²) in [5, 5.41) is 22.1. The molecule has 14 heteroatoms. The van der Waals surface area contributed by atoms with Crippen LogP contribution in [-0.4, -0.2) is 35.5 Å². The lowest BCUT2D eigenvalue weighted by Crippen LogP contribution is -2.31. The zero-order valence-electron chi connectivity index (χ0n) is 24.2. The number of nitrogens with one attached hydrogen (secondary N) is 2. The summed E-state index contributed by atoms with van der Waals surface area (Å²) in [7, 11) is 0. The topological polar surface area (TPSA) is 142 Å². The number of benzene rings is 4. The van der Waals surface area contributed by atoms with Crippen LogP contribution in [0.2, 0.25) is 20.1 Å². The average molecular weight is 698 g/mol. The van der Waals surface area contributed by atoms with E-state index in [4.69, 9.17) is 46.4 Å². The van der Waals surface area contributed by atoms with E-state index in [1.54, 1.807) is 84.9 Å². The van der Waals surface area contributed by atoms with Crippen LogP contribution in [0.1, 0.15) is 13.8 Å². The molecule has 2 atom stereocenters. The fourth-order valence-electron chi connectivity index (χ4n) is 3.94. The summed E-state index contributed by atoms with van der Waals surface area (Å²) in [6.45, 7) is 2.45. The van der Waals surface area contributed by atoms with Crippen molar-refractivity contribution in [2.45, 2.75) is 25.9 Å². The molecule has 10 nitrogen and oxygen atoms in total. The van der Waals surface area contributed by atoms with Gasteiger partial charge in [0.15, 0.2) is 11.6 Å². The molecule has 0 aliphatic heterocycles. The molecular weight excluding hydrogens is 674 g/mol. The van der Waals surface area contributed by atoms with Crippen LogP contribution in [0.25, 0.3) is 11.1 Å². The summed E-state index contributed by atoms with van der Waals surface area (Å²) in [6, 6.07) is 20.1. The van der Waals surface area contributed by atoms with E-state index in [1.807, 2.05) is 0 Å². The van der Waals surface area contributed by atoms with Crippen LogP contribution in [0.3, 0.4) is 0 Å². The van der Waals surface area contributed by atoms with E-state index in [9.17, 15) is 19.2 Å². The second-order valence-electron chi connectivity index (χ2n) is 9.73. The zero-order chi connectivity index (χ0) is 33.4. The molecule has 0 radical (unpaired) electrons. The Hall–Kier alpha value is -4.48. The summed E-state index contributed by atoms with van der Waals surface area (Å²) < 4.78 is 0. The Bertz CT molecular complexity index is 1750. The van der Waals surface area contributed by atoms with Crippen LogP contribution in [0.15, 0.2) is 105 Å². The number of halogens is 4. The van der Waals surface area contributed by atoms with E-state index in [1.165, 1.54) is 13.8 Å². The maximum atomic E-state index is 12.7. The minimum atomic E-state index is -1.42. The second-order valence-corrected chi connectivity index (χ2v) is 11.4. The Labute approximate surface area is 283 Å². The van der Waals surface area contributed by atoms with Gasteiger partial charge < -0.3 is 10.6 Å². The Morgan fingerprint density at radius 3 is 1.24 bits per heavy atom. The minimum absolute atomic E-state index is 0.198. The standard InChI is InChI=1S/C32H24Cl4N6O4/c1-17(43)29(31(45)37-25-9-5-3-7-21(25)33)41-39-27-13-11-19(15-23(27)35)20-12-14-28(24(36)16-20)40-42-30(18(2)44)32(46)38-26-10-6-4-8-22(26)34/h3-16,29-30H,1-2H3,(H,37,45)(H,38,46)/b41-39+,42-40+. The summed E-state index contributed by atoms with van der Waals surface area (Å²) in [6.07, 6.45) is 0. The Kier molecular flexibility index (Phi) is 11.7. The summed E-state index contributed by atoms with van der Waals surface area (Å²) >= 11 is 25.1. The molecule has 0 aromatic heterocycles. The number of nitrogens with zero attached hydrogens (tertiary/aromatic N) is 4. The normalized spacial score (nSPS) is 12.6. The van der Waals surface area contributed by atoms with Crippen LogP contribution in [-0.2, 0) is 19.2 Å². The number of Topliss-reactive ketones (excluding diaryl/α,β-unsaturated/α-hetero) is 2. The van der Waals surface area contributed by atoms with E-state index in [0.29, 0.717) is 32.5 Å². The molecule has 2 N–H and O–H groups in total. The average Bonchev–Trinajstić information content (AvgIpc) is 3.00. The monoisotopic (exact) mass is 696 g/mol. The van der Waals surface area contributed by atoms with Crippen molar-refractivity contribution in [3.8, 4) is 11.1 Å². The maximum Gasteiger partial charge on any atom is 0.258 e. The molecule has 4 aromatic carbocycles. The second kappa shape index (κ2) is 15.7. The first kappa shape index (κ1) is 34.4. The van der Waals surface area contributed by atoms with Gasteiger partial charge in [0, 0.05) is 0 Å². The summed E-state index contributed by atoms with van der Waals surface area (Å²) in [5.41, 5.74) is 2.45. The highest BCUT2D eigenvalue weighted by Crippen LogP contribution is 2.35. The van der Waals surface area contributed by atoms with E-state index in [0.717, 1.165) is 0 Å². The van der Waals surface area contributed by atoms with Crippen molar-refractivity contribution < 1.29 is 19.2 Å². The van der Waals surface area contributed by atoms with Crippen molar-refractivity contribution in [1.82, 2.24) is 0 Å². The minimum Gasteiger partial charge on any atom is -0.322 e. The van der Waals surface area contributed by atoms with Gasteiger partial charge in [0.1, 0.15) is 11.4 Å². The van der Waals surface area contributed by atoms with Crippen LogP contribution in [0.4, 0.5) is 22.7 Å². The van der Waals surface area contributed by atoms with Crippen molar-refractivity contribution in [3.63, 3.8) is 0 Å². The molecule has 0 spiro atoms. The van der Waals surface area contributed by atoms with E-state index < -0.39 is 35.5 Å². The van der Waals surface area contributed by atoms with Crippen molar-refractivity contribution in [2.75, 3.05) is 10.6 Å². The van der Waals surface area contributed by atoms with Gasteiger partial charge in [-0.3, -0.25) is 19.2 Å². The highest BCUT2D eigenvalue weighted by Gasteiger charge is 2.25. The highest BCUT2D eigenvalue weighted by atomic mass is 35.5. The lowest BCUT2D eigenvalue weighted by Gasteiger charge is -2.11. The lowest BCUT2D eigenvalue weighted by atomic mass is 10.0. The fourth-order valence-corrected chi connectivity index (χ4v) is 4.74. The van der Waals surface area contributed by atoms with E-state index >= 15 is 0 Å². The van der Waals surface area contributed by atoms with Crippen LogP contribution in [0.5, 0.6) is 0 Å². The Morgan fingerprint density at radius 2 is 0.913 bits per heavy atom. The third-order valence-corrected chi connectivity index (χ3v) is 7.59.